The number of carbonyl (C=O) groups excluding carboxylic acids is 1. The third-order valence-corrected chi connectivity index (χ3v) is 5.49. The Morgan fingerprint density at radius 3 is 2.84 bits per heavy atom. The van der Waals surface area contributed by atoms with Gasteiger partial charge in [0.05, 0.1) is 20.8 Å². The molecule has 1 heterocycles. The van der Waals surface area contributed by atoms with Gasteiger partial charge >= 0.3 is 0 Å². The van der Waals surface area contributed by atoms with E-state index < -0.39 is 0 Å². The first-order valence-corrected chi connectivity index (χ1v) is 7.62. The number of benzene rings is 1. The van der Waals surface area contributed by atoms with Crippen LogP contribution in [0.1, 0.15) is 48.6 Å². The Bertz CT molecular complexity index is 691. The number of hydrogen-bond acceptors (Lipinski definition) is 4. The molecule has 2 saturated carbocycles. The third-order valence-electron chi connectivity index (χ3n) is 4.31. The number of thiazole rings is 1. The van der Waals surface area contributed by atoms with E-state index in [0.29, 0.717) is 5.92 Å². The second-order valence-corrected chi connectivity index (χ2v) is 6.66. The van der Waals surface area contributed by atoms with Crippen molar-refractivity contribution < 1.29 is 4.79 Å². The number of isocyanates is 1. The molecule has 0 atom stereocenters. The maximum atomic E-state index is 10.7. The van der Waals surface area contributed by atoms with Gasteiger partial charge in [0.25, 0.3) is 0 Å². The summed E-state index contributed by atoms with van der Waals surface area (Å²) in [4.78, 5) is 19.4. The minimum Gasteiger partial charge on any atom is -0.241 e. The summed E-state index contributed by atoms with van der Waals surface area (Å²) in [6.07, 6.45) is 7.38. The lowest BCUT2D eigenvalue weighted by atomic mass is 9.72. The fourth-order valence-corrected chi connectivity index (χ4v) is 3.98. The number of hydrogen-bond donors (Lipinski definition) is 0. The molecule has 2 aliphatic rings. The van der Waals surface area contributed by atoms with Crippen molar-refractivity contribution in [3.05, 3.63) is 28.8 Å². The summed E-state index contributed by atoms with van der Waals surface area (Å²) < 4.78 is 1.23. The first-order chi connectivity index (χ1) is 9.31. The van der Waals surface area contributed by atoms with E-state index in [-0.39, 0.29) is 5.54 Å². The molecule has 3 nitrogen and oxygen atoms in total. The van der Waals surface area contributed by atoms with E-state index in [1.807, 2.05) is 0 Å². The van der Waals surface area contributed by atoms with Crippen LogP contribution >= 0.6 is 11.3 Å². The van der Waals surface area contributed by atoms with Crippen molar-refractivity contribution in [2.24, 2.45) is 4.99 Å². The van der Waals surface area contributed by atoms with E-state index in [1.165, 1.54) is 22.5 Å². The Balaban J connectivity index is 1.80. The van der Waals surface area contributed by atoms with Gasteiger partial charge in [-0.05, 0) is 49.8 Å². The fraction of sp³-hybridized carbons (Fsp3) is 0.467. The standard InChI is InChI=1S/C15H14N2OS/c18-9-16-15(6-1-7-15)11-4-5-12-13(8-11)19-14(17-12)10-2-3-10/h4-5,8,10H,1-3,6-7H2. The van der Waals surface area contributed by atoms with Crippen LogP contribution in [0.2, 0.25) is 0 Å². The smallest absolute Gasteiger partial charge is 0.235 e. The van der Waals surface area contributed by atoms with Crippen LogP contribution in [-0.2, 0) is 10.3 Å². The average molecular weight is 270 g/mol. The Kier molecular flexibility index (Phi) is 2.38. The van der Waals surface area contributed by atoms with E-state index in [0.717, 1.165) is 30.3 Å². The summed E-state index contributed by atoms with van der Waals surface area (Å²) in [7, 11) is 0. The van der Waals surface area contributed by atoms with Crippen molar-refractivity contribution in [1.29, 1.82) is 0 Å². The van der Waals surface area contributed by atoms with E-state index in [2.05, 4.69) is 23.2 Å². The summed E-state index contributed by atoms with van der Waals surface area (Å²) in [6, 6.07) is 6.34. The molecule has 0 N–H and O–H groups in total. The van der Waals surface area contributed by atoms with Crippen LogP contribution in [-0.4, -0.2) is 11.1 Å². The van der Waals surface area contributed by atoms with Crippen molar-refractivity contribution in [1.82, 2.24) is 4.98 Å². The van der Waals surface area contributed by atoms with Gasteiger partial charge in [-0.3, -0.25) is 0 Å². The van der Waals surface area contributed by atoms with Gasteiger partial charge in [-0.25, -0.2) is 9.78 Å². The molecule has 19 heavy (non-hydrogen) atoms. The SMILES string of the molecule is O=C=NC1(c2ccc3nc(C4CC4)sc3c2)CCC1. The van der Waals surface area contributed by atoms with Crippen LogP contribution in [0.15, 0.2) is 23.2 Å². The normalized spacial score (nSPS) is 20.8. The largest absolute Gasteiger partial charge is 0.241 e. The molecular formula is C15H14N2OS. The summed E-state index contributed by atoms with van der Waals surface area (Å²) in [5, 5.41) is 1.27. The summed E-state index contributed by atoms with van der Waals surface area (Å²) in [6.45, 7) is 0. The van der Waals surface area contributed by atoms with Crippen LogP contribution < -0.4 is 0 Å². The van der Waals surface area contributed by atoms with Crippen LogP contribution in [0, 0.1) is 0 Å². The van der Waals surface area contributed by atoms with E-state index in [9.17, 15) is 4.79 Å². The molecular weight excluding hydrogens is 256 g/mol. The maximum Gasteiger partial charge on any atom is 0.235 e. The van der Waals surface area contributed by atoms with Crippen molar-refractivity contribution in [2.75, 3.05) is 0 Å². The minimum absolute atomic E-state index is 0.292. The Morgan fingerprint density at radius 2 is 2.21 bits per heavy atom. The highest BCUT2D eigenvalue weighted by molar-refractivity contribution is 7.18. The Labute approximate surface area is 115 Å². The van der Waals surface area contributed by atoms with Crippen molar-refractivity contribution >= 4 is 27.6 Å². The summed E-state index contributed by atoms with van der Waals surface area (Å²) in [5.41, 5.74) is 1.94. The number of nitrogens with zero attached hydrogens (tertiary/aromatic N) is 2. The quantitative estimate of drug-likeness (QED) is 0.627. The number of rotatable bonds is 3. The molecule has 1 aromatic carbocycles. The van der Waals surface area contributed by atoms with Crippen molar-refractivity contribution in [2.45, 2.75) is 43.6 Å². The first kappa shape index (κ1) is 11.3. The molecule has 4 rings (SSSR count). The Hall–Kier alpha value is -1.51. The molecule has 4 heteroatoms. The van der Waals surface area contributed by atoms with Crippen molar-refractivity contribution in [3.8, 4) is 0 Å². The zero-order valence-electron chi connectivity index (χ0n) is 10.6. The monoisotopic (exact) mass is 270 g/mol. The lowest BCUT2D eigenvalue weighted by Crippen LogP contribution is -2.31. The van der Waals surface area contributed by atoms with Crippen molar-refractivity contribution in [3.63, 3.8) is 0 Å². The second kappa shape index (κ2) is 3.99. The highest BCUT2D eigenvalue weighted by atomic mass is 32.1. The fourth-order valence-electron chi connectivity index (χ4n) is 2.80. The van der Waals surface area contributed by atoms with Crippen LogP contribution in [0.5, 0.6) is 0 Å². The van der Waals surface area contributed by atoms with E-state index >= 15 is 0 Å². The molecule has 2 aromatic rings. The van der Waals surface area contributed by atoms with Gasteiger partial charge < -0.3 is 0 Å². The van der Waals surface area contributed by atoms with Gasteiger partial charge in [-0.1, -0.05) is 6.07 Å². The van der Waals surface area contributed by atoms with Gasteiger partial charge in [-0.2, -0.15) is 4.99 Å². The Morgan fingerprint density at radius 1 is 1.37 bits per heavy atom. The number of fused-ring (bicyclic) bond motifs is 1. The molecule has 2 aliphatic carbocycles. The zero-order chi connectivity index (χ0) is 12.9. The lowest BCUT2D eigenvalue weighted by molar-refractivity contribution is 0.256. The predicted octanol–water partition coefficient (Wildman–Crippen LogP) is 3.89. The highest BCUT2D eigenvalue weighted by Crippen LogP contribution is 2.47. The van der Waals surface area contributed by atoms with Crippen LogP contribution in [0.4, 0.5) is 0 Å². The highest BCUT2D eigenvalue weighted by Gasteiger charge is 2.39. The molecule has 0 spiro atoms. The zero-order valence-corrected chi connectivity index (χ0v) is 11.4. The van der Waals surface area contributed by atoms with E-state index in [4.69, 9.17) is 4.98 Å². The molecule has 0 bridgehead atoms. The van der Waals surface area contributed by atoms with E-state index in [1.54, 1.807) is 17.4 Å². The van der Waals surface area contributed by atoms with Gasteiger partial charge in [0.2, 0.25) is 6.08 Å². The van der Waals surface area contributed by atoms with Crippen LogP contribution in [0.25, 0.3) is 10.2 Å². The molecule has 0 saturated heterocycles. The van der Waals surface area contributed by atoms with Gasteiger partial charge in [0.1, 0.15) is 0 Å². The van der Waals surface area contributed by atoms with Gasteiger partial charge in [0, 0.05) is 5.92 Å². The first-order valence-electron chi connectivity index (χ1n) is 6.81. The maximum absolute atomic E-state index is 10.7. The summed E-state index contributed by atoms with van der Waals surface area (Å²) in [5.74, 6) is 0.700. The molecule has 0 amide bonds. The molecule has 0 radical (unpaired) electrons. The average Bonchev–Trinajstić information content (AvgIpc) is 3.13. The molecule has 1 aromatic heterocycles. The topological polar surface area (TPSA) is 42.3 Å². The molecule has 0 unspecified atom stereocenters. The van der Waals surface area contributed by atoms with Gasteiger partial charge in [0.15, 0.2) is 0 Å². The number of aromatic nitrogens is 1. The molecule has 96 valence electrons. The molecule has 0 aliphatic heterocycles. The number of aliphatic imine (C=N–C) groups is 1. The summed E-state index contributed by atoms with van der Waals surface area (Å²) >= 11 is 1.80. The lowest BCUT2D eigenvalue weighted by Gasteiger charge is -2.37. The van der Waals surface area contributed by atoms with Crippen LogP contribution in [0.3, 0.4) is 0 Å². The third kappa shape index (κ3) is 1.75. The molecule has 2 fully saturated rings. The minimum atomic E-state index is -0.292. The second-order valence-electron chi connectivity index (χ2n) is 5.60. The van der Waals surface area contributed by atoms with Gasteiger partial charge in [-0.15, -0.1) is 11.3 Å². The predicted molar refractivity (Wildman–Crippen MR) is 75.2 cm³/mol.